The topological polar surface area (TPSA) is 24.9 Å². The van der Waals surface area contributed by atoms with Crippen LogP contribution in [0.15, 0.2) is 24.4 Å². The molecule has 1 aromatic carbocycles. The van der Waals surface area contributed by atoms with Crippen molar-refractivity contribution < 1.29 is 8.78 Å². The molecule has 0 bridgehead atoms. The van der Waals surface area contributed by atoms with Crippen LogP contribution in [-0.4, -0.2) is 11.5 Å². The Labute approximate surface area is 96.0 Å². The Bertz CT molecular complexity index is 496. The lowest BCUT2D eigenvalue weighted by atomic mass is 10.2. The van der Waals surface area contributed by atoms with Gasteiger partial charge in [-0.3, -0.25) is 0 Å². The third-order valence-electron chi connectivity index (χ3n) is 2.04. The summed E-state index contributed by atoms with van der Waals surface area (Å²) in [4.78, 5) is 4.94. The monoisotopic (exact) mass is 240 g/mol. The molecule has 2 nitrogen and oxygen atoms in total. The molecule has 84 valence electrons. The van der Waals surface area contributed by atoms with E-state index in [0.717, 1.165) is 22.6 Å². The van der Waals surface area contributed by atoms with Crippen LogP contribution in [0.1, 0.15) is 6.92 Å². The zero-order valence-corrected chi connectivity index (χ0v) is 9.44. The van der Waals surface area contributed by atoms with Gasteiger partial charge in [-0.05, 0) is 24.6 Å². The van der Waals surface area contributed by atoms with Crippen LogP contribution >= 0.6 is 11.3 Å². The van der Waals surface area contributed by atoms with Crippen molar-refractivity contribution >= 4 is 16.5 Å². The standard InChI is InChI=1S/C11H10F2N2S/c1-2-14-11-15-6-10(16-11)7-3-4-8(12)9(13)5-7/h3-6H,2H2,1H3,(H,14,15). The molecule has 5 heteroatoms. The van der Waals surface area contributed by atoms with Gasteiger partial charge in [0.05, 0.1) is 4.88 Å². The fourth-order valence-corrected chi connectivity index (χ4v) is 2.17. The van der Waals surface area contributed by atoms with Crippen molar-refractivity contribution in [1.29, 1.82) is 0 Å². The molecule has 1 N–H and O–H groups in total. The van der Waals surface area contributed by atoms with Gasteiger partial charge >= 0.3 is 0 Å². The first-order valence-electron chi connectivity index (χ1n) is 4.86. The van der Waals surface area contributed by atoms with E-state index < -0.39 is 11.6 Å². The number of nitrogens with zero attached hydrogens (tertiary/aromatic N) is 1. The molecule has 0 aliphatic rings. The number of aromatic nitrogens is 1. The SMILES string of the molecule is CCNc1ncc(-c2ccc(F)c(F)c2)s1. The summed E-state index contributed by atoms with van der Waals surface area (Å²) in [7, 11) is 0. The van der Waals surface area contributed by atoms with E-state index in [1.54, 1.807) is 12.3 Å². The van der Waals surface area contributed by atoms with Crippen LogP contribution in [0.2, 0.25) is 0 Å². The second-order valence-corrected chi connectivity index (χ2v) is 4.22. The van der Waals surface area contributed by atoms with Crippen molar-refractivity contribution in [3.8, 4) is 10.4 Å². The van der Waals surface area contributed by atoms with E-state index in [2.05, 4.69) is 10.3 Å². The van der Waals surface area contributed by atoms with Gasteiger partial charge in [-0.2, -0.15) is 0 Å². The van der Waals surface area contributed by atoms with Gasteiger partial charge in [0.25, 0.3) is 0 Å². The minimum absolute atomic E-state index is 0.639. The predicted octanol–water partition coefficient (Wildman–Crippen LogP) is 3.52. The molecule has 0 amide bonds. The maximum atomic E-state index is 13.0. The van der Waals surface area contributed by atoms with Crippen LogP contribution in [0.25, 0.3) is 10.4 Å². The average Bonchev–Trinajstić information content (AvgIpc) is 2.71. The highest BCUT2D eigenvalue weighted by molar-refractivity contribution is 7.18. The van der Waals surface area contributed by atoms with Crippen molar-refractivity contribution in [2.75, 3.05) is 11.9 Å². The van der Waals surface area contributed by atoms with Crippen LogP contribution in [0.5, 0.6) is 0 Å². The lowest BCUT2D eigenvalue weighted by molar-refractivity contribution is 0.509. The molecule has 0 fully saturated rings. The number of benzene rings is 1. The highest BCUT2D eigenvalue weighted by Crippen LogP contribution is 2.29. The van der Waals surface area contributed by atoms with Gasteiger partial charge in [0.2, 0.25) is 0 Å². The van der Waals surface area contributed by atoms with Crippen molar-refractivity contribution in [3.05, 3.63) is 36.0 Å². The van der Waals surface area contributed by atoms with E-state index in [0.29, 0.717) is 5.56 Å². The summed E-state index contributed by atoms with van der Waals surface area (Å²) in [6, 6.07) is 3.84. The van der Waals surface area contributed by atoms with E-state index in [1.807, 2.05) is 6.92 Å². The van der Waals surface area contributed by atoms with E-state index >= 15 is 0 Å². The van der Waals surface area contributed by atoms with E-state index in [-0.39, 0.29) is 0 Å². The van der Waals surface area contributed by atoms with Crippen LogP contribution < -0.4 is 5.32 Å². The van der Waals surface area contributed by atoms with Crippen molar-refractivity contribution in [2.24, 2.45) is 0 Å². The molecule has 0 saturated heterocycles. The molecular formula is C11H10F2N2S. The zero-order chi connectivity index (χ0) is 11.5. The van der Waals surface area contributed by atoms with Gasteiger partial charge in [-0.1, -0.05) is 17.4 Å². The summed E-state index contributed by atoms with van der Waals surface area (Å²) in [6.07, 6.45) is 1.65. The lowest BCUT2D eigenvalue weighted by Crippen LogP contribution is -1.94. The Hall–Kier alpha value is -1.49. The highest BCUT2D eigenvalue weighted by Gasteiger charge is 2.07. The van der Waals surface area contributed by atoms with Crippen LogP contribution in [-0.2, 0) is 0 Å². The first-order chi connectivity index (χ1) is 7.70. The Morgan fingerprint density at radius 2 is 2.12 bits per heavy atom. The number of thiazole rings is 1. The van der Waals surface area contributed by atoms with Crippen molar-refractivity contribution in [2.45, 2.75) is 6.92 Å². The molecule has 0 saturated carbocycles. The minimum Gasteiger partial charge on any atom is -0.362 e. The predicted molar refractivity (Wildman–Crippen MR) is 61.6 cm³/mol. The molecule has 16 heavy (non-hydrogen) atoms. The largest absolute Gasteiger partial charge is 0.362 e. The molecule has 0 aliphatic carbocycles. The smallest absolute Gasteiger partial charge is 0.183 e. The number of rotatable bonds is 3. The second-order valence-electron chi connectivity index (χ2n) is 3.19. The maximum absolute atomic E-state index is 13.0. The summed E-state index contributed by atoms with van der Waals surface area (Å²) in [5, 5.41) is 3.84. The molecule has 0 spiro atoms. The Morgan fingerprint density at radius 3 is 2.81 bits per heavy atom. The van der Waals surface area contributed by atoms with Gasteiger partial charge in [-0.15, -0.1) is 0 Å². The third kappa shape index (κ3) is 2.19. The van der Waals surface area contributed by atoms with Gasteiger partial charge < -0.3 is 5.32 Å². The highest BCUT2D eigenvalue weighted by atomic mass is 32.1. The Balaban J connectivity index is 2.31. The summed E-state index contributed by atoms with van der Waals surface area (Å²) in [5.74, 6) is -1.67. The molecule has 0 unspecified atom stereocenters. The number of hydrogen-bond acceptors (Lipinski definition) is 3. The van der Waals surface area contributed by atoms with E-state index in [9.17, 15) is 8.78 Å². The van der Waals surface area contributed by atoms with E-state index in [4.69, 9.17) is 0 Å². The van der Waals surface area contributed by atoms with Crippen LogP contribution in [0, 0.1) is 11.6 Å². The Kier molecular flexibility index (Phi) is 3.14. The van der Waals surface area contributed by atoms with Crippen LogP contribution in [0.4, 0.5) is 13.9 Å². The van der Waals surface area contributed by atoms with Gasteiger partial charge in [0, 0.05) is 12.7 Å². The fourth-order valence-electron chi connectivity index (χ4n) is 1.29. The van der Waals surface area contributed by atoms with Gasteiger partial charge in [0.15, 0.2) is 16.8 Å². The van der Waals surface area contributed by atoms with Gasteiger partial charge in [0.1, 0.15) is 0 Å². The lowest BCUT2D eigenvalue weighted by Gasteiger charge is -1.97. The number of nitrogens with one attached hydrogen (secondary N) is 1. The van der Waals surface area contributed by atoms with Crippen molar-refractivity contribution in [3.63, 3.8) is 0 Å². The second kappa shape index (κ2) is 4.57. The molecule has 0 radical (unpaired) electrons. The molecule has 0 aliphatic heterocycles. The van der Waals surface area contributed by atoms with Crippen LogP contribution in [0.3, 0.4) is 0 Å². The molecule has 2 aromatic rings. The third-order valence-corrected chi connectivity index (χ3v) is 3.04. The Morgan fingerprint density at radius 1 is 1.31 bits per heavy atom. The van der Waals surface area contributed by atoms with Gasteiger partial charge in [-0.25, -0.2) is 13.8 Å². The fraction of sp³-hybridized carbons (Fsp3) is 0.182. The number of anilines is 1. The maximum Gasteiger partial charge on any atom is 0.183 e. The summed E-state index contributed by atoms with van der Waals surface area (Å²) in [5.41, 5.74) is 0.639. The molecule has 1 aromatic heterocycles. The summed E-state index contributed by atoms with van der Waals surface area (Å²) >= 11 is 1.41. The summed E-state index contributed by atoms with van der Waals surface area (Å²) in [6.45, 7) is 2.75. The zero-order valence-electron chi connectivity index (χ0n) is 8.63. The number of hydrogen-bond donors (Lipinski definition) is 1. The van der Waals surface area contributed by atoms with Crippen molar-refractivity contribution in [1.82, 2.24) is 4.98 Å². The first-order valence-corrected chi connectivity index (χ1v) is 5.67. The number of halogens is 2. The molecule has 0 atom stereocenters. The minimum atomic E-state index is -0.837. The normalized spacial score (nSPS) is 10.4. The first kappa shape index (κ1) is 11.0. The molecular weight excluding hydrogens is 230 g/mol. The molecule has 2 rings (SSSR count). The summed E-state index contributed by atoms with van der Waals surface area (Å²) < 4.78 is 25.8. The average molecular weight is 240 g/mol. The quantitative estimate of drug-likeness (QED) is 0.887. The molecule has 1 heterocycles. The van der Waals surface area contributed by atoms with E-state index in [1.165, 1.54) is 17.4 Å².